The van der Waals surface area contributed by atoms with Crippen molar-refractivity contribution in [2.45, 2.75) is 20.3 Å². The fourth-order valence-electron chi connectivity index (χ4n) is 2.22. The predicted octanol–water partition coefficient (Wildman–Crippen LogP) is 2.27. The predicted molar refractivity (Wildman–Crippen MR) is 84.7 cm³/mol. The monoisotopic (exact) mass is 311 g/mol. The van der Waals surface area contributed by atoms with Crippen molar-refractivity contribution in [1.29, 1.82) is 0 Å². The molecule has 3 rings (SSSR count). The van der Waals surface area contributed by atoms with Crippen LogP contribution in [-0.4, -0.2) is 25.9 Å². The lowest BCUT2D eigenvalue weighted by Crippen LogP contribution is -2.14. The highest BCUT2D eigenvalue weighted by Crippen LogP contribution is 2.18. The van der Waals surface area contributed by atoms with Crippen LogP contribution in [0.25, 0.3) is 11.6 Å². The summed E-state index contributed by atoms with van der Waals surface area (Å²) in [6.45, 7) is 4.06. The summed E-state index contributed by atoms with van der Waals surface area (Å²) in [5.74, 6) is 0.111. The zero-order chi connectivity index (χ0) is 16.4. The van der Waals surface area contributed by atoms with Gasteiger partial charge in [0, 0.05) is 13.2 Å². The molecule has 1 amide bonds. The summed E-state index contributed by atoms with van der Waals surface area (Å²) in [6, 6.07) is 7.79. The minimum Gasteiger partial charge on any atom is -0.401 e. The van der Waals surface area contributed by atoms with E-state index in [2.05, 4.69) is 20.6 Å². The molecule has 0 aliphatic rings. The number of carbonyl (C=O) groups is 1. The summed E-state index contributed by atoms with van der Waals surface area (Å²) in [4.78, 5) is 12.1. The minimum atomic E-state index is -0.201. The molecule has 0 radical (unpaired) electrons. The molecule has 0 unspecified atom stereocenters. The first kappa shape index (κ1) is 15.0. The van der Waals surface area contributed by atoms with E-state index < -0.39 is 0 Å². The lowest BCUT2D eigenvalue weighted by Gasteiger charge is -2.04. The Hall–Kier alpha value is -2.96. The first-order chi connectivity index (χ1) is 11.0. The van der Waals surface area contributed by atoms with E-state index in [0.29, 0.717) is 11.6 Å². The summed E-state index contributed by atoms with van der Waals surface area (Å²) in [7, 11) is 1.78. The van der Waals surface area contributed by atoms with Gasteiger partial charge < -0.3 is 4.42 Å². The Morgan fingerprint density at radius 1 is 1.22 bits per heavy atom. The summed E-state index contributed by atoms with van der Waals surface area (Å²) < 4.78 is 7.06. The topological polar surface area (TPSA) is 85.8 Å². The van der Waals surface area contributed by atoms with Crippen molar-refractivity contribution >= 4 is 11.9 Å². The number of nitrogens with zero attached hydrogens (tertiary/aromatic N) is 4. The van der Waals surface area contributed by atoms with Gasteiger partial charge in [0.1, 0.15) is 5.69 Å². The average molecular weight is 311 g/mol. The van der Waals surface area contributed by atoms with Crippen LogP contribution >= 0.6 is 0 Å². The van der Waals surface area contributed by atoms with Crippen LogP contribution in [0.5, 0.6) is 0 Å². The Morgan fingerprint density at radius 3 is 2.74 bits per heavy atom. The zero-order valence-electron chi connectivity index (χ0n) is 13.2. The van der Waals surface area contributed by atoms with Gasteiger partial charge in [-0.1, -0.05) is 23.3 Å². The Morgan fingerprint density at radius 2 is 2.04 bits per heavy atom. The lowest BCUT2D eigenvalue weighted by atomic mass is 10.0. The summed E-state index contributed by atoms with van der Waals surface area (Å²) in [6.07, 6.45) is 1.89. The van der Waals surface area contributed by atoms with Crippen LogP contribution in [0.2, 0.25) is 0 Å². The van der Waals surface area contributed by atoms with Gasteiger partial charge in [0.15, 0.2) is 0 Å². The van der Waals surface area contributed by atoms with Crippen molar-refractivity contribution < 1.29 is 9.21 Å². The minimum absolute atomic E-state index is 0.0787. The number of aromatic nitrogens is 4. The summed E-state index contributed by atoms with van der Waals surface area (Å²) >= 11 is 0. The van der Waals surface area contributed by atoms with Crippen LogP contribution in [0.4, 0.5) is 6.01 Å². The van der Waals surface area contributed by atoms with E-state index in [1.165, 1.54) is 5.56 Å². The quantitative estimate of drug-likeness (QED) is 0.799. The number of aryl methyl sites for hydroxylation is 3. The molecule has 7 nitrogen and oxygen atoms in total. The average Bonchev–Trinajstić information content (AvgIpc) is 3.11. The zero-order valence-corrected chi connectivity index (χ0v) is 13.2. The first-order valence-corrected chi connectivity index (χ1v) is 7.21. The Bertz CT molecular complexity index is 850. The van der Waals surface area contributed by atoms with Crippen molar-refractivity contribution in [2.24, 2.45) is 7.05 Å². The van der Waals surface area contributed by atoms with Crippen molar-refractivity contribution in [3.8, 4) is 11.6 Å². The van der Waals surface area contributed by atoms with Crippen LogP contribution < -0.4 is 5.32 Å². The number of anilines is 1. The molecule has 0 aliphatic heterocycles. The maximum atomic E-state index is 12.1. The number of rotatable bonds is 4. The maximum Gasteiger partial charge on any atom is 0.322 e. The number of benzene rings is 1. The Balaban J connectivity index is 1.67. The van der Waals surface area contributed by atoms with Gasteiger partial charge in [0.2, 0.25) is 5.91 Å². The van der Waals surface area contributed by atoms with Crippen LogP contribution in [0.3, 0.4) is 0 Å². The molecule has 0 bridgehead atoms. The Kier molecular flexibility index (Phi) is 3.92. The fraction of sp³-hybridized carbons (Fsp3) is 0.250. The molecule has 0 spiro atoms. The highest BCUT2D eigenvalue weighted by Gasteiger charge is 2.14. The van der Waals surface area contributed by atoms with Crippen LogP contribution in [-0.2, 0) is 18.3 Å². The van der Waals surface area contributed by atoms with Gasteiger partial charge in [-0.25, -0.2) is 0 Å². The van der Waals surface area contributed by atoms with Gasteiger partial charge in [-0.05, 0) is 36.6 Å². The van der Waals surface area contributed by atoms with Crippen molar-refractivity contribution in [1.82, 2.24) is 20.0 Å². The first-order valence-electron chi connectivity index (χ1n) is 7.21. The fourth-order valence-corrected chi connectivity index (χ4v) is 2.22. The highest BCUT2D eigenvalue weighted by atomic mass is 16.4. The largest absolute Gasteiger partial charge is 0.401 e. The molecule has 23 heavy (non-hydrogen) atoms. The van der Waals surface area contributed by atoms with E-state index in [9.17, 15) is 4.79 Å². The number of amides is 1. The van der Waals surface area contributed by atoms with E-state index >= 15 is 0 Å². The van der Waals surface area contributed by atoms with Gasteiger partial charge in [-0.3, -0.25) is 14.8 Å². The molecule has 7 heteroatoms. The van der Waals surface area contributed by atoms with Gasteiger partial charge in [0.05, 0.1) is 6.42 Å². The van der Waals surface area contributed by atoms with E-state index in [0.717, 1.165) is 11.1 Å². The van der Waals surface area contributed by atoms with Gasteiger partial charge in [-0.15, -0.1) is 5.10 Å². The number of hydrogen-bond acceptors (Lipinski definition) is 5. The van der Waals surface area contributed by atoms with Gasteiger partial charge in [0.25, 0.3) is 5.89 Å². The van der Waals surface area contributed by atoms with E-state index in [1.807, 2.05) is 32.0 Å². The Labute approximate surface area is 133 Å². The lowest BCUT2D eigenvalue weighted by molar-refractivity contribution is -0.115. The molecule has 1 N–H and O–H groups in total. The molecule has 118 valence electrons. The van der Waals surface area contributed by atoms with Crippen LogP contribution in [0, 0.1) is 13.8 Å². The SMILES string of the molecule is Cc1ccc(CC(=O)Nc2nnc(-c3ccnn3C)o2)cc1C. The molecule has 0 atom stereocenters. The third kappa shape index (κ3) is 3.28. The van der Waals surface area contributed by atoms with Gasteiger partial charge >= 0.3 is 6.01 Å². The molecule has 0 aliphatic carbocycles. The molecule has 0 fully saturated rings. The third-order valence-corrected chi connectivity index (χ3v) is 3.65. The van der Waals surface area contributed by atoms with Gasteiger partial charge in [-0.2, -0.15) is 5.10 Å². The molecule has 2 aromatic heterocycles. The molecular formula is C16H17N5O2. The van der Waals surface area contributed by atoms with Crippen molar-refractivity contribution in [2.75, 3.05) is 5.32 Å². The molecule has 1 aromatic carbocycles. The maximum absolute atomic E-state index is 12.1. The molecular weight excluding hydrogens is 294 g/mol. The second kappa shape index (κ2) is 6.04. The van der Waals surface area contributed by atoms with Crippen LogP contribution in [0.15, 0.2) is 34.9 Å². The van der Waals surface area contributed by atoms with E-state index in [4.69, 9.17) is 4.42 Å². The number of nitrogens with one attached hydrogen (secondary N) is 1. The van der Waals surface area contributed by atoms with Crippen molar-refractivity contribution in [3.05, 3.63) is 47.2 Å². The second-order valence-electron chi connectivity index (χ2n) is 5.40. The second-order valence-corrected chi connectivity index (χ2v) is 5.40. The smallest absolute Gasteiger partial charge is 0.322 e. The summed E-state index contributed by atoms with van der Waals surface area (Å²) in [5, 5.41) is 14.4. The molecule has 3 aromatic rings. The standard InChI is InChI=1S/C16H17N5O2/c1-10-4-5-12(8-11(10)2)9-14(22)18-16-20-19-15(23-16)13-6-7-17-21(13)3/h4-8H,9H2,1-3H3,(H,18,20,22). The molecule has 0 saturated heterocycles. The van der Waals surface area contributed by atoms with E-state index in [1.54, 1.807) is 24.0 Å². The highest BCUT2D eigenvalue weighted by molar-refractivity contribution is 5.90. The third-order valence-electron chi connectivity index (χ3n) is 3.65. The molecule has 0 saturated carbocycles. The van der Waals surface area contributed by atoms with Crippen molar-refractivity contribution in [3.63, 3.8) is 0 Å². The number of carbonyl (C=O) groups excluding carboxylic acids is 1. The number of hydrogen-bond donors (Lipinski definition) is 1. The van der Waals surface area contributed by atoms with E-state index in [-0.39, 0.29) is 18.3 Å². The summed E-state index contributed by atoms with van der Waals surface area (Å²) in [5.41, 5.74) is 3.99. The molecule has 2 heterocycles. The normalized spacial score (nSPS) is 10.7. The van der Waals surface area contributed by atoms with Crippen LogP contribution in [0.1, 0.15) is 16.7 Å².